The van der Waals surface area contributed by atoms with Crippen LogP contribution in [0.2, 0.25) is 0 Å². The van der Waals surface area contributed by atoms with Crippen molar-refractivity contribution in [3.63, 3.8) is 0 Å². The van der Waals surface area contributed by atoms with E-state index >= 15 is 0 Å². The zero-order valence-corrected chi connectivity index (χ0v) is 8.14. The highest BCUT2D eigenvalue weighted by Gasteiger charge is 2.08. The van der Waals surface area contributed by atoms with Crippen molar-refractivity contribution >= 4 is 0 Å². The van der Waals surface area contributed by atoms with Gasteiger partial charge in [0.05, 0.1) is 5.56 Å². The van der Waals surface area contributed by atoms with E-state index in [-0.39, 0.29) is 5.75 Å². The predicted octanol–water partition coefficient (Wildman–Crippen LogP) is 0.678. The van der Waals surface area contributed by atoms with Crippen LogP contribution < -0.4 is 5.73 Å². The molecule has 4 N–H and O–H groups in total. The van der Waals surface area contributed by atoms with Crippen LogP contribution in [0.5, 0.6) is 5.75 Å². The number of nitrogens with one attached hydrogen (secondary N) is 1. The summed E-state index contributed by atoms with van der Waals surface area (Å²) in [5.41, 5.74) is 6.02. The number of H-pyrrole nitrogens is 1. The van der Waals surface area contributed by atoms with Crippen LogP contribution in [0, 0.1) is 0 Å². The van der Waals surface area contributed by atoms with Crippen molar-refractivity contribution in [3.05, 3.63) is 30.1 Å². The van der Waals surface area contributed by atoms with Gasteiger partial charge in [-0.1, -0.05) is 12.1 Å². The van der Waals surface area contributed by atoms with E-state index in [1.54, 1.807) is 18.2 Å². The number of aromatic amines is 1. The maximum Gasteiger partial charge on any atom is 0.184 e. The topological polar surface area (TPSA) is 87.8 Å². The zero-order valence-electron chi connectivity index (χ0n) is 8.14. The van der Waals surface area contributed by atoms with E-state index in [2.05, 4.69) is 15.2 Å². The highest BCUT2D eigenvalue weighted by atomic mass is 16.3. The Kier molecular flexibility index (Phi) is 2.64. The van der Waals surface area contributed by atoms with E-state index in [0.29, 0.717) is 24.4 Å². The van der Waals surface area contributed by atoms with Gasteiger partial charge >= 0.3 is 0 Å². The number of hydrogen-bond acceptors (Lipinski definition) is 4. The normalized spacial score (nSPS) is 10.5. The molecule has 1 heterocycles. The number of phenolic OH excluding ortho intramolecular Hbond substituents is 1. The van der Waals surface area contributed by atoms with E-state index in [1.165, 1.54) is 0 Å². The fourth-order valence-corrected chi connectivity index (χ4v) is 1.33. The molecule has 2 aromatic rings. The molecule has 0 unspecified atom stereocenters. The Balaban J connectivity index is 2.33. The molecule has 0 saturated carbocycles. The molecule has 0 fully saturated rings. The van der Waals surface area contributed by atoms with Gasteiger partial charge in [-0.3, -0.25) is 5.10 Å². The molecule has 2 rings (SSSR count). The van der Waals surface area contributed by atoms with E-state index in [9.17, 15) is 5.11 Å². The lowest BCUT2D eigenvalue weighted by Gasteiger charge is -1.97. The summed E-state index contributed by atoms with van der Waals surface area (Å²) < 4.78 is 0. The van der Waals surface area contributed by atoms with E-state index in [4.69, 9.17) is 5.73 Å². The molecule has 5 nitrogen and oxygen atoms in total. The Bertz CT molecular complexity index is 452. The highest BCUT2D eigenvalue weighted by molar-refractivity contribution is 5.62. The summed E-state index contributed by atoms with van der Waals surface area (Å²) in [6, 6.07) is 6.96. The van der Waals surface area contributed by atoms with Gasteiger partial charge in [0, 0.05) is 6.42 Å². The molecule has 78 valence electrons. The number of rotatable bonds is 3. The van der Waals surface area contributed by atoms with Crippen molar-refractivity contribution in [1.29, 1.82) is 0 Å². The van der Waals surface area contributed by atoms with Gasteiger partial charge in [0.1, 0.15) is 11.6 Å². The number of para-hydroxylation sites is 1. The van der Waals surface area contributed by atoms with Crippen molar-refractivity contribution in [2.75, 3.05) is 6.54 Å². The second-order valence-corrected chi connectivity index (χ2v) is 3.16. The summed E-state index contributed by atoms with van der Waals surface area (Å²) in [6.45, 7) is 0.523. The minimum absolute atomic E-state index is 0.177. The van der Waals surface area contributed by atoms with Gasteiger partial charge < -0.3 is 10.8 Å². The van der Waals surface area contributed by atoms with Gasteiger partial charge in [-0.05, 0) is 18.7 Å². The molecule has 0 aliphatic rings. The maximum absolute atomic E-state index is 9.58. The van der Waals surface area contributed by atoms with Crippen LogP contribution in [0.3, 0.4) is 0 Å². The highest BCUT2D eigenvalue weighted by Crippen LogP contribution is 2.25. The first kappa shape index (κ1) is 9.67. The molecule has 0 bridgehead atoms. The first-order valence-corrected chi connectivity index (χ1v) is 4.71. The SMILES string of the molecule is NCCc1nc(-c2ccccc2O)n[nH]1. The smallest absolute Gasteiger partial charge is 0.184 e. The summed E-state index contributed by atoms with van der Waals surface area (Å²) in [7, 11) is 0. The molecular weight excluding hydrogens is 192 g/mol. The third-order valence-electron chi connectivity index (χ3n) is 2.06. The third-order valence-corrected chi connectivity index (χ3v) is 2.06. The third kappa shape index (κ3) is 1.97. The minimum Gasteiger partial charge on any atom is -0.507 e. The van der Waals surface area contributed by atoms with Gasteiger partial charge in [-0.2, -0.15) is 5.10 Å². The average molecular weight is 204 g/mol. The number of aromatic hydroxyl groups is 1. The predicted molar refractivity (Wildman–Crippen MR) is 56.2 cm³/mol. The summed E-state index contributed by atoms with van der Waals surface area (Å²) in [5, 5.41) is 16.4. The number of hydrogen-bond donors (Lipinski definition) is 3. The summed E-state index contributed by atoms with van der Waals surface area (Å²) in [4.78, 5) is 4.22. The lowest BCUT2D eigenvalue weighted by molar-refractivity contribution is 0.477. The molecule has 5 heteroatoms. The Morgan fingerprint density at radius 2 is 2.13 bits per heavy atom. The van der Waals surface area contributed by atoms with Crippen LogP contribution >= 0.6 is 0 Å². The van der Waals surface area contributed by atoms with Crippen LogP contribution in [0.1, 0.15) is 5.82 Å². The number of nitrogens with two attached hydrogens (primary N) is 1. The van der Waals surface area contributed by atoms with Crippen LogP contribution in [0.25, 0.3) is 11.4 Å². The molecule has 0 aliphatic carbocycles. The van der Waals surface area contributed by atoms with E-state index < -0.39 is 0 Å². The molecule has 0 radical (unpaired) electrons. The van der Waals surface area contributed by atoms with E-state index in [0.717, 1.165) is 5.82 Å². The molecule has 0 atom stereocenters. The molecular formula is C10H12N4O. The van der Waals surface area contributed by atoms with Crippen molar-refractivity contribution in [3.8, 4) is 17.1 Å². The Hall–Kier alpha value is -1.88. The van der Waals surface area contributed by atoms with Gasteiger partial charge in [0.25, 0.3) is 0 Å². The molecule has 0 aliphatic heterocycles. The average Bonchev–Trinajstić information content (AvgIpc) is 2.68. The first-order valence-electron chi connectivity index (χ1n) is 4.71. The second kappa shape index (κ2) is 4.10. The minimum atomic E-state index is 0.177. The zero-order chi connectivity index (χ0) is 10.7. The number of aromatic nitrogens is 3. The largest absolute Gasteiger partial charge is 0.507 e. The summed E-state index contributed by atoms with van der Waals surface area (Å²) >= 11 is 0. The molecule has 1 aromatic carbocycles. The van der Waals surface area contributed by atoms with Crippen molar-refractivity contribution < 1.29 is 5.11 Å². The molecule has 15 heavy (non-hydrogen) atoms. The van der Waals surface area contributed by atoms with Gasteiger partial charge in [-0.25, -0.2) is 4.98 Å². The van der Waals surface area contributed by atoms with Gasteiger partial charge in [0.2, 0.25) is 0 Å². The summed E-state index contributed by atoms with van der Waals surface area (Å²) in [5.74, 6) is 1.41. The Labute approximate surface area is 87.0 Å². The second-order valence-electron chi connectivity index (χ2n) is 3.16. The Morgan fingerprint density at radius 3 is 2.87 bits per heavy atom. The fraction of sp³-hybridized carbons (Fsp3) is 0.200. The van der Waals surface area contributed by atoms with Crippen LogP contribution in [-0.2, 0) is 6.42 Å². The monoisotopic (exact) mass is 204 g/mol. The van der Waals surface area contributed by atoms with Crippen LogP contribution in [0.4, 0.5) is 0 Å². The first-order chi connectivity index (χ1) is 7.31. The van der Waals surface area contributed by atoms with Gasteiger partial charge in [-0.15, -0.1) is 0 Å². The Morgan fingerprint density at radius 1 is 1.33 bits per heavy atom. The lowest BCUT2D eigenvalue weighted by atomic mass is 10.2. The number of nitrogens with zero attached hydrogens (tertiary/aromatic N) is 2. The van der Waals surface area contributed by atoms with E-state index in [1.807, 2.05) is 6.07 Å². The molecule has 0 amide bonds. The standard InChI is InChI=1S/C10H12N4O/c11-6-5-9-12-10(14-13-9)7-3-1-2-4-8(7)15/h1-4,15H,5-6,11H2,(H,12,13,14). The number of phenols is 1. The molecule has 0 saturated heterocycles. The quantitative estimate of drug-likeness (QED) is 0.686. The maximum atomic E-state index is 9.58. The fourth-order valence-electron chi connectivity index (χ4n) is 1.33. The number of benzene rings is 1. The van der Waals surface area contributed by atoms with Crippen molar-refractivity contribution in [2.45, 2.75) is 6.42 Å². The molecule has 0 spiro atoms. The van der Waals surface area contributed by atoms with Gasteiger partial charge in [0.15, 0.2) is 5.82 Å². The van der Waals surface area contributed by atoms with Crippen molar-refractivity contribution in [2.24, 2.45) is 5.73 Å². The van der Waals surface area contributed by atoms with Crippen LogP contribution in [0.15, 0.2) is 24.3 Å². The molecule has 1 aromatic heterocycles. The lowest BCUT2D eigenvalue weighted by Crippen LogP contribution is -2.03. The van der Waals surface area contributed by atoms with Crippen molar-refractivity contribution in [1.82, 2.24) is 15.2 Å². The summed E-state index contributed by atoms with van der Waals surface area (Å²) in [6.07, 6.45) is 0.653. The van der Waals surface area contributed by atoms with Crippen LogP contribution in [-0.4, -0.2) is 26.8 Å².